The van der Waals surface area contributed by atoms with E-state index in [0.29, 0.717) is 17.5 Å². The number of anilines is 1. The summed E-state index contributed by atoms with van der Waals surface area (Å²) in [5.74, 6) is 1.18. The van der Waals surface area contributed by atoms with Crippen molar-refractivity contribution in [2.75, 3.05) is 11.9 Å². The Hall–Kier alpha value is -2.74. The van der Waals surface area contributed by atoms with E-state index in [1.807, 2.05) is 41.1 Å². The maximum atomic E-state index is 12.0. The molecule has 1 amide bonds. The SMILES string of the molecule is O=C(COc1ccc(Br)cc1)Nc1ccc(-c2nnnn2C2CC2)cc1. The van der Waals surface area contributed by atoms with E-state index in [1.165, 1.54) is 0 Å². The lowest BCUT2D eigenvalue weighted by Crippen LogP contribution is -2.20. The van der Waals surface area contributed by atoms with Crippen molar-refractivity contribution in [3.05, 3.63) is 53.0 Å². The monoisotopic (exact) mass is 413 g/mol. The molecule has 1 aliphatic carbocycles. The van der Waals surface area contributed by atoms with E-state index in [2.05, 4.69) is 36.8 Å². The molecular weight excluding hydrogens is 398 g/mol. The van der Waals surface area contributed by atoms with Crippen LogP contribution in [0, 0.1) is 0 Å². The first-order chi connectivity index (χ1) is 12.7. The second-order valence-corrected chi connectivity index (χ2v) is 6.96. The number of benzene rings is 2. The molecule has 0 aliphatic heterocycles. The van der Waals surface area contributed by atoms with Crippen molar-refractivity contribution in [2.45, 2.75) is 18.9 Å². The van der Waals surface area contributed by atoms with E-state index >= 15 is 0 Å². The van der Waals surface area contributed by atoms with Gasteiger partial charge in [-0.2, -0.15) is 0 Å². The Labute approximate surface area is 158 Å². The zero-order chi connectivity index (χ0) is 17.9. The van der Waals surface area contributed by atoms with Crippen molar-refractivity contribution in [1.29, 1.82) is 0 Å². The van der Waals surface area contributed by atoms with Crippen LogP contribution in [-0.4, -0.2) is 32.7 Å². The number of carbonyl (C=O) groups is 1. The fourth-order valence-electron chi connectivity index (χ4n) is 2.53. The van der Waals surface area contributed by atoms with Crippen LogP contribution in [0.4, 0.5) is 5.69 Å². The van der Waals surface area contributed by atoms with Crippen LogP contribution in [0.1, 0.15) is 18.9 Å². The molecule has 1 N–H and O–H groups in total. The van der Waals surface area contributed by atoms with Crippen molar-refractivity contribution < 1.29 is 9.53 Å². The lowest BCUT2D eigenvalue weighted by molar-refractivity contribution is -0.118. The third-order valence-corrected chi connectivity index (χ3v) is 4.52. The average Bonchev–Trinajstić information content (AvgIpc) is 3.39. The smallest absolute Gasteiger partial charge is 0.262 e. The molecule has 0 spiro atoms. The number of tetrazole rings is 1. The molecule has 3 aromatic rings. The molecule has 26 heavy (non-hydrogen) atoms. The largest absolute Gasteiger partial charge is 0.484 e. The standard InChI is InChI=1S/C18H16BrN5O2/c19-13-3-9-16(10-4-13)26-11-17(25)20-14-5-1-12(2-6-14)18-21-22-23-24(18)15-7-8-15/h1-6,9-10,15H,7-8,11H2,(H,20,25). The molecule has 2 aromatic carbocycles. The number of hydrogen-bond donors (Lipinski definition) is 1. The minimum absolute atomic E-state index is 0.0523. The maximum Gasteiger partial charge on any atom is 0.262 e. The second-order valence-electron chi connectivity index (χ2n) is 6.05. The van der Waals surface area contributed by atoms with Gasteiger partial charge in [0.1, 0.15) is 5.75 Å². The zero-order valence-corrected chi connectivity index (χ0v) is 15.4. The summed E-state index contributed by atoms with van der Waals surface area (Å²) in [6.07, 6.45) is 2.23. The summed E-state index contributed by atoms with van der Waals surface area (Å²) in [5.41, 5.74) is 1.62. The Morgan fingerprint density at radius 1 is 1.15 bits per heavy atom. The summed E-state index contributed by atoms with van der Waals surface area (Å²) in [5, 5.41) is 14.7. The molecule has 0 radical (unpaired) electrons. The Kier molecular flexibility index (Phi) is 4.66. The molecule has 1 aromatic heterocycles. The van der Waals surface area contributed by atoms with Gasteiger partial charge in [-0.3, -0.25) is 4.79 Å². The lowest BCUT2D eigenvalue weighted by Gasteiger charge is -2.08. The molecule has 0 atom stereocenters. The van der Waals surface area contributed by atoms with Crippen LogP contribution in [0.5, 0.6) is 5.75 Å². The third-order valence-electron chi connectivity index (χ3n) is 4.00. The normalized spacial score (nSPS) is 13.4. The molecule has 1 aliphatic rings. The molecule has 1 saturated carbocycles. The third kappa shape index (κ3) is 3.91. The van der Waals surface area contributed by atoms with Gasteiger partial charge in [-0.05, 0) is 71.8 Å². The average molecular weight is 414 g/mol. The molecule has 0 saturated heterocycles. The number of halogens is 1. The van der Waals surface area contributed by atoms with Crippen molar-refractivity contribution in [3.8, 4) is 17.1 Å². The quantitative estimate of drug-likeness (QED) is 0.668. The van der Waals surface area contributed by atoms with E-state index in [-0.39, 0.29) is 12.5 Å². The summed E-state index contributed by atoms with van der Waals surface area (Å²) in [4.78, 5) is 12.0. The van der Waals surface area contributed by atoms with E-state index in [0.717, 1.165) is 28.7 Å². The first kappa shape index (κ1) is 16.7. The van der Waals surface area contributed by atoms with Crippen LogP contribution in [0.2, 0.25) is 0 Å². The van der Waals surface area contributed by atoms with Gasteiger partial charge >= 0.3 is 0 Å². The van der Waals surface area contributed by atoms with Crippen LogP contribution >= 0.6 is 15.9 Å². The highest BCUT2D eigenvalue weighted by atomic mass is 79.9. The molecule has 0 unspecified atom stereocenters. The van der Waals surface area contributed by atoms with Gasteiger partial charge in [0.05, 0.1) is 6.04 Å². The summed E-state index contributed by atoms with van der Waals surface area (Å²) in [6.45, 7) is -0.0523. The lowest BCUT2D eigenvalue weighted by atomic mass is 10.2. The van der Waals surface area contributed by atoms with Gasteiger partial charge in [0.2, 0.25) is 0 Å². The van der Waals surface area contributed by atoms with E-state index in [4.69, 9.17) is 4.74 Å². The number of nitrogens with zero attached hydrogens (tertiary/aromatic N) is 4. The fourth-order valence-corrected chi connectivity index (χ4v) is 2.79. The number of ether oxygens (including phenoxy) is 1. The molecule has 1 heterocycles. The first-order valence-corrected chi connectivity index (χ1v) is 9.05. The highest BCUT2D eigenvalue weighted by molar-refractivity contribution is 9.10. The van der Waals surface area contributed by atoms with Crippen molar-refractivity contribution >= 4 is 27.5 Å². The molecule has 7 nitrogen and oxygen atoms in total. The highest BCUT2D eigenvalue weighted by Gasteiger charge is 2.28. The summed E-state index contributed by atoms with van der Waals surface area (Å²) in [6, 6.07) is 15.2. The van der Waals surface area contributed by atoms with E-state index in [9.17, 15) is 4.79 Å². The fraction of sp³-hybridized carbons (Fsp3) is 0.222. The van der Waals surface area contributed by atoms with Crippen LogP contribution in [0.25, 0.3) is 11.4 Å². The summed E-state index contributed by atoms with van der Waals surface area (Å²) < 4.78 is 8.28. The minimum atomic E-state index is -0.219. The second kappa shape index (κ2) is 7.25. The van der Waals surface area contributed by atoms with Crippen LogP contribution in [0.3, 0.4) is 0 Å². The van der Waals surface area contributed by atoms with Crippen molar-refractivity contribution in [3.63, 3.8) is 0 Å². The Morgan fingerprint density at radius 3 is 2.58 bits per heavy atom. The van der Waals surface area contributed by atoms with Gasteiger partial charge in [0, 0.05) is 15.7 Å². The first-order valence-electron chi connectivity index (χ1n) is 8.25. The zero-order valence-electron chi connectivity index (χ0n) is 13.8. The molecule has 8 heteroatoms. The van der Waals surface area contributed by atoms with Crippen molar-refractivity contribution in [2.24, 2.45) is 0 Å². The van der Waals surface area contributed by atoms with Gasteiger partial charge in [0.25, 0.3) is 5.91 Å². The number of hydrogen-bond acceptors (Lipinski definition) is 5. The maximum absolute atomic E-state index is 12.0. The predicted octanol–water partition coefficient (Wildman–Crippen LogP) is 3.46. The number of carbonyl (C=O) groups excluding carboxylic acids is 1. The van der Waals surface area contributed by atoms with Crippen LogP contribution in [0.15, 0.2) is 53.0 Å². The number of aromatic nitrogens is 4. The number of rotatable bonds is 6. The molecule has 4 rings (SSSR count). The molecular formula is C18H16BrN5O2. The van der Waals surface area contributed by atoms with Crippen molar-refractivity contribution in [1.82, 2.24) is 20.2 Å². The van der Waals surface area contributed by atoms with Gasteiger partial charge in [-0.15, -0.1) is 5.10 Å². The Bertz CT molecular complexity index is 904. The van der Waals surface area contributed by atoms with Gasteiger partial charge in [-0.1, -0.05) is 15.9 Å². The summed E-state index contributed by atoms with van der Waals surface area (Å²) in [7, 11) is 0. The number of amides is 1. The Morgan fingerprint density at radius 2 is 1.88 bits per heavy atom. The minimum Gasteiger partial charge on any atom is -0.484 e. The Balaban J connectivity index is 1.35. The van der Waals surface area contributed by atoms with Crippen LogP contribution < -0.4 is 10.1 Å². The highest BCUT2D eigenvalue weighted by Crippen LogP contribution is 2.36. The molecule has 132 valence electrons. The number of nitrogens with one attached hydrogen (secondary N) is 1. The van der Waals surface area contributed by atoms with Gasteiger partial charge < -0.3 is 10.1 Å². The molecule has 1 fully saturated rings. The van der Waals surface area contributed by atoms with Crippen LogP contribution in [-0.2, 0) is 4.79 Å². The predicted molar refractivity (Wildman–Crippen MR) is 99.8 cm³/mol. The summed E-state index contributed by atoms with van der Waals surface area (Å²) >= 11 is 3.36. The molecule has 0 bridgehead atoms. The topological polar surface area (TPSA) is 81.9 Å². The van der Waals surface area contributed by atoms with E-state index in [1.54, 1.807) is 12.1 Å². The van der Waals surface area contributed by atoms with Gasteiger partial charge in [0.15, 0.2) is 12.4 Å². The van der Waals surface area contributed by atoms with E-state index < -0.39 is 0 Å². The van der Waals surface area contributed by atoms with Gasteiger partial charge in [-0.25, -0.2) is 4.68 Å².